The normalized spacial score (nSPS) is 12.0. The van der Waals surface area contributed by atoms with Crippen molar-refractivity contribution >= 4 is 56.1 Å². The van der Waals surface area contributed by atoms with E-state index in [1.54, 1.807) is 7.05 Å². The standard InChI is InChI=1S/C9H12N2O2S2SeSi/c1-11-7(12)5-6(15-9(16)14-5)10-8(11)13-17(2,3)4/h1-4H3. The second-order valence-electron chi connectivity index (χ2n) is 4.56. The van der Waals surface area contributed by atoms with E-state index in [1.165, 1.54) is 27.2 Å². The Kier molecular flexibility index (Phi) is 3.44. The molecule has 0 aromatic carbocycles. The topological polar surface area (TPSA) is 44.1 Å². The van der Waals surface area contributed by atoms with Crippen LogP contribution in [0, 0.1) is 2.69 Å². The Hall–Kier alpha value is -0.274. The van der Waals surface area contributed by atoms with E-state index >= 15 is 0 Å². The zero-order valence-corrected chi connectivity index (χ0v) is 14.3. The molecule has 0 N–H and O–H groups in total. The van der Waals surface area contributed by atoms with Gasteiger partial charge in [0.15, 0.2) is 0 Å². The Morgan fingerprint density at radius 3 is 2.59 bits per heavy atom. The van der Waals surface area contributed by atoms with Gasteiger partial charge in [-0.25, -0.2) is 0 Å². The van der Waals surface area contributed by atoms with Crippen LogP contribution in [-0.2, 0) is 7.05 Å². The van der Waals surface area contributed by atoms with Gasteiger partial charge < -0.3 is 0 Å². The van der Waals surface area contributed by atoms with Crippen molar-refractivity contribution in [1.82, 2.24) is 9.55 Å². The first-order valence-corrected chi connectivity index (χ1v) is 10.9. The fraction of sp³-hybridized carbons (Fsp3) is 0.444. The number of nitrogens with zero attached hydrogens (tertiary/aromatic N) is 2. The minimum absolute atomic E-state index is 0.0361. The van der Waals surface area contributed by atoms with Crippen LogP contribution >= 0.6 is 22.7 Å². The number of hydrogen-bond donors (Lipinski definition) is 0. The zero-order chi connectivity index (χ0) is 12.8. The SMILES string of the molecule is Cn1c(O[Si](C)(C)C)nc2sc(=[Se])sc2c1=O. The summed E-state index contributed by atoms with van der Waals surface area (Å²) < 4.78 is 9.01. The van der Waals surface area contributed by atoms with Gasteiger partial charge in [-0.1, -0.05) is 0 Å². The van der Waals surface area contributed by atoms with E-state index in [4.69, 9.17) is 4.43 Å². The summed E-state index contributed by atoms with van der Waals surface area (Å²) in [4.78, 5) is 17.3. The molecule has 0 aliphatic rings. The van der Waals surface area contributed by atoms with Gasteiger partial charge in [0, 0.05) is 0 Å². The summed E-state index contributed by atoms with van der Waals surface area (Å²) in [6.07, 6.45) is 0. The molecule has 0 atom stereocenters. The van der Waals surface area contributed by atoms with Crippen LogP contribution in [0.1, 0.15) is 0 Å². The molecule has 2 heterocycles. The summed E-state index contributed by atoms with van der Waals surface area (Å²) in [5.41, 5.74) is -0.0361. The van der Waals surface area contributed by atoms with E-state index in [0.29, 0.717) is 10.7 Å². The third kappa shape index (κ3) is 2.77. The Labute approximate surface area is 115 Å². The van der Waals surface area contributed by atoms with Gasteiger partial charge in [0.25, 0.3) is 0 Å². The van der Waals surface area contributed by atoms with Gasteiger partial charge in [-0.3, -0.25) is 0 Å². The van der Waals surface area contributed by atoms with Crippen molar-refractivity contribution in [2.75, 3.05) is 0 Å². The third-order valence-corrected chi connectivity index (χ3v) is 5.81. The van der Waals surface area contributed by atoms with Crippen LogP contribution in [0.15, 0.2) is 4.79 Å². The second-order valence-corrected chi connectivity index (χ2v) is 13.3. The monoisotopic (exact) mass is 352 g/mol. The van der Waals surface area contributed by atoms with Crippen molar-refractivity contribution < 1.29 is 4.43 Å². The van der Waals surface area contributed by atoms with Crippen molar-refractivity contribution in [3.8, 4) is 6.01 Å². The molecule has 8 heteroatoms. The zero-order valence-electron chi connectivity index (χ0n) is 9.94. The van der Waals surface area contributed by atoms with Crippen molar-refractivity contribution in [1.29, 1.82) is 0 Å². The number of rotatable bonds is 2. The molecule has 92 valence electrons. The van der Waals surface area contributed by atoms with Gasteiger partial charge in [0.1, 0.15) is 0 Å². The predicted octanol–water partition coefficient (Wildman–Crippen LogP) is 1.97. The van der Waals surface area contributed by atoms with Gasteiger partial charge in [0.05, 0.1) is 0 Å². The van der Waals surface area contributed by atoms with Crippen LogP contribution in [0.4, 0.5) is 0 Å². The Morgan fingerprint density at radius 1 is 1.35 bits per heavy atom. The van der Waals surface area contributed by atoms with E-state index < -0.39 is 8.32 Å². The number of aromatic nitrogens is 2. The van der Waals surface area contributed by atoms with Crippen LogP contribution in [0.3, 0.4) is 0 Å². The Morgan fingerprint density at radius 2 is 2.00 bits per heavy atom. The molecule has 2 aromatic heterocycles. The van der Waals surface area contributed by atoms with Crippen LogP contribution in [-0.4, -0.2) is 33.4 Å². The summed E-state index contributed by atoms with van der Waals surface area (Å²) in [5.74, 6) is 0. The van der Waals surface area contributed by atoms with E-state index in [1.807, 2.05) is 0 Å². The van der Waals surface area contributed by atoms with Crippen molar-refractivity contribution in [3.05, 3.63) is 13.0 Å². The van der Waals surface area contributed by atoms with Crippen molar-refractivity contribution in [3.63, 3.8) is 0 Å². The van der Waals surface area contributed by atoms with Crippen molar-refractivity contribution in [2.45, 2.75) is 19.6 Å². The average molecular weight is 351 g/mol. The molecule has 0 bridgehead atoms. The molecule has 0 amide bonds. The molecule has 0 saturated heterocycles. The van der Waals surface area contributed by atoms with E-state index in [0.717, 1.165) is 7.52 Å². The Balaban J connectivity index is 2.70. The molecule has 0 aliphatic heterocycles. The molecule has 2 aromatic rings. The molecular formula is C9H12N2O2S2SeSi. The summed E-state index contributed by atoms with van der Waals surface area (Å²) in [6, 6.07) is 0.427. The minimum atomic E-state index is -1.75. The molecule has 0 saturated carbocycles. The molecule has 2 rings (SSSR count). The first-order valence-electron chi connectivity index (χ1n) is 4.97. The quantitative estimate of drug-likeness (QED) is 0.777. The maximum absolute atomic E-state index is 12.1. The molecule has 0 spiro atoms. The number of fused-ring (bicyclic) bond motifs is 1. The van der Waals surface area contributed by atoms with Gasteiger partial charge in [-0.05, 0) is 0 Å². The van der Waals surface area contributed by atoms with Crippen LogP contribution in [0.2, 0.25) is 19.6 Å². The first-order chi connectivity index (χ1) is 7.78. The predicted molar refractivity (Wildman–Crippen MR) is 75.7 cm³/mol. The first kappa shape index (κ1) is 13.2. The van der Waals surface area contributed by atoms with Crippen LogP contribution < -0.4 is 9.99 Å². The van der Waals surface area contributed by atoms with Crippen molar-refractivity contribution in [2.24, 2.45) is 7.05 Å². The fourth-order valence-electron chi connectivity index (χ4n) is 1.25. The van der Waals surface area contributed by atoms with E-state index in [9.17, 15) is 4.79 Å². The molecule has 0 radical (unpaired) electrons. The van der Waals surface area contributed by atoms with Gasteiger partial charge in [0.2, 0.25) is 0 Å². The third-order valence-electron chi connectivity index (χ3n) is 1.94. The fourth-order valence-corrected chi connectivity index (χ4v) is 4.89. The molecule has 0 unspecified atom stereocenters. The van der Waals surface area contributed by atoms with Gasteiger partial charge in [-0.2, -0.15) is 0 Å². The average Bonchev–Trinajstić information content (AvgIpc) is 2.53. The van der Waals surface area contributed by atoms with Gasteiger partial charge >= 0.3 is 116 Å². The van der Waals surface area contributed by atoms with Crippen LogP contribution in [0.5, 0.6) is 6.01 Å². The van der Waals surface area contributed by atoms with Crippen LogP contribution in [0.25, 0.3) is 9.53 Å². The number of hydrogen-bond acceptors (Lipinski definition) is 5. The van der Waals surface area contributed by atoms with E-state index in [-0.39, 0.29) is 5.56 Å². The summed E-state index contributed by atoms with van der Waals surface area (Å²) in [7, 11) is -0.0529. The summed E-state index contributed by atoms with van der Waals surface area (Å²) in [6.45, 7) is 6.21. The maximum atomic E-state index is 12.1. The Bertz CT molecular complexity index is 683. The molecule has 0 fully saturated rings. The van der Waals surface area contributed by atoms with Gasteiger partial charge in [-0.15, -0.1) is 0 Å². The summed E-state index contributed by atoms with van der Waals surface area (Å²) in [5, 5.41) is 0. The molecule has 0 aliphatic carbocycles. The molecule has 4 nitrogen and oxygen atoms in total. The van der Waals surface area contributed by atoms with E-state index in [2.05, 4.69) is 40.2 Å². The second kappa shape index (κ2) is 4.44. The summed E-state index contributed by atoms with van der Waals surface area (Å²) >= 11 is 5.85. The molecular weight excluding hydrogens is 339 g/mol. The molecule has 17 heavy (non-hydrogen) atoms.